The number of anilines is 1. The van der Waals surface area contributed by atoms with Gasteiger partial charge >= 0.3 is 0 Å². The molecule has 1 aliphatic carbocycles. The van der Waals surface area contributed by atoms with E-state index in [1.807, 2.05) is 0 Å². The van der Waals surface area contributed by atoms with Crippen molar-refractivity contribution >= 4 is 11.6 Å². The molecule has 0 saturated carbocycles. The highest BCUT2D eigenvalue weighted by Gasteiger charge is 2.11. The summed E-state index contributed by atoms with van der Waals surface area (Å²) in [6, 6.07) is 6.56. The number of nitrogens with one attached hydrogen (secondary N) is 1. The second-order valence-corrected chi connectivity index (χ2v) is 6.84. The van der Waals surface area contributed by atoms with Gasteiger partial charge in [0.25, 0.3) is 0 Å². The normalized spacial score (nSPS) is 19.4. The number of aliphatic imine (C=N–C) groups is 1. The maximum atomic E-state index is 6.02. The molecule has 126 valence electrons. The molecular weight excluding hydrogens is 284 g/mol. The first-order chi connectivity index (χ1) is 11.3. The molecule has 1 aromatic carbocycles. The van der Waals surface area contributed by atoms with Gasteiger partial charge in [0.1, 0.15) is 0 Å². The van der Waals surface area contributed by atoms with Gasteiger partial charge < -0.3 is 16.0 Å². The van der Waals surface area contributed by atoms with Gasteiger partial charge in [-0.3, -0.25) is 4.99 Å². The number of aryl methyl sites for hydroxylation is 2. The van der Waals surface area contributed by atoms with E-state index in [2.05, 4.69) is 33.4 Å². The molecule has 0 amide bonds. The van der Waals surface area contributed by atoms with Gasteiger partial charge in [-0.2, -0.15) is 0 Å². The standard InChI is InChI=1S/C19H30N4/c20-19(21-11-6-14-23-12-3-1-2-4-13-23)22-18-10-9-16-7-5-8-17(16)15-18/h9-10,15H,1-8,11-14H2,(H3,20,21,22). The summed E-state index contributed by atoms with van der Waals surface area (Å²) in [5.41, 5.74) is 10.0. The van der Waals surface area contributed by atoms with Crippen molar-refractivity contribution in [3.8, 4) is 0 Å². The van der Waals surface area contributed by atoms with Gasteiger partial charge in [0.15, 0.2) is 5.96 Å². The SMILES string of the molecule is NC(=NCCCN1CCCCCC1)Nc1ccc2c(c1)CCC2. The number of fused-ring (bicyclic) bond motifs is 1. The van der Waals surface area contributed by atoms with Gasteiger partial charge in [-0.1, -0.05) is 18.9 Å². The Morgan fingerprint density at radius 1 is 1.04 bits per heavy atom. The van der Waals surface area contributed by atoms with Crippen LogP contribution >= 0.6 is 0 Å². The maximum Gasteiger partial charge on any atom is 0.193 e. The molecule has 4 nitrogen and oxygen atoms in total. The van der Waals surface area contributed by atoms with Gasteiger partial charge in [0.2, 0.25) is 0 Å². The fourth-order valence-electron chi connectivity index (χ4n) is 3.69. The minimum atomic E-state index is 0.541. The predicted octanol–water partition coefficient (Wildman–Crippen LogP) is 3.17. The van der Waals surface area contributed by atoms with Crippen molar-refractivity contribution in [3.05, 3.63) is 29.3 Å². The topological polar surface area (TPSA) is 53.6 Å². The van der Waals surface area contributed by atoms with Crippen LogP contribution in [0.25, 0.3) is 0 Å². The molecule has 0 bridgehead atoms. The number of hydrogen-bond donors (Lipinski definition) is 2. The van der Waals surface area contributed by atoms with E-state index >= 15 is 0 Å². The first-order valence-electron chi connectivity index (χ1n) is 9.22. The van der Waals surface area contributed by atoms with Crippen LogP contribution in [0.15, 0.2) is 23.2 Å². The van der Waals surface area contributed by atoms with Crippen LogP contribution in [0.2, 0.25) is 0 Å². The zero-order chi connectivity index (χ0) is 15.9. The summed E-state index contributed by atoms with van der Waals surface area (Å²) in [7, 11) is 0. The van der Waals surface area contributed by atoms with Crippen molar-refractivity contribution < 1.29 is 0 Å². The highest BCUT2D eigenvalue weighted by atomic mass is 15.1. The Bertz CT molecular complexity index is 530. The van der Waals surface area contributed by atoms with E-state index in [-0.39, 0.29) is 0 Å². The Morgan fingerprint density at radius 2 is 1.83 bits per heavy atom. The zero-order valence-electron chi connectivity index (χ0n) is 14.2. The van der Waals surface area contributed by atoms with E-state index in [0.29, 0.717) is 5.96 Å². The number of nitrogens with zero attached hydrogens (tertiary/aromatic N) is 2. The van der Waals surface area contributed by atoms with E-state index in [1.54, 1.807) is 0 Å². The van der Waals surface area contributed by atoms with Gasteiger partial charge in [-0.15, -0.1) is 0 Å². The summed E-state index contributed by atoms with van der Waals surface area (Å²) in [6.07, 6.45) is 10.3. The molecule has 0 unspecified atom stereocenters. The van der Waals surface area contributed by atoms with E-state index in [1.165, 1.54) is 69.2 Å². The van der Waals surface area contributed by atoms with Crippen molar-refractivity contribution in [2.45, 2.75) is 51.4 Å². The van der Waals surface area contributed by atoms with E-state index in [4.69, 9.17) is 5.73 Å². The molecule has 0 radical (unpaired) electrons. The number of nitrogens with two attached hydrogens (primary N) is 1. The van der Waals surface area contributed by atoms with Crippen LogP contribution < -0.4 is 11.1 Å². The lowest BCUT2D eigenvalue weighted by Crippen LogP contribution is -2.27. The highest BCUT2D eigenvalue weighted by Crippen LogP contribution is 2.24. The van der Waals surface area contributed by atoms with Crippen molar-refractivity contribution in [1.82, 2.24) is 4.90 Å². The van der Waals surface area contributed by atoms with Crippen LogP contribution in [0, 0.1) is 0 Å². The summed E-state index contributed by atoms with van der Waals surface area (Å²) in [6.45, 7) is 4.47. The average molecular weight is 314 g/mol. The maximum absolute atomic E-state index is 6.02. The molecule has 3 N–H and O–H groups in total. The lowest BCUT2D eigenvalue weighted by atomic mass is 10.1. The first-order valence-corrected chi connectivity index (χ1v) is 9.22. The zero-order valence-corrected chi connectivity index (χ0v) is 14.2. The van der Waals surface area contributed by atoms with Crippen LogP contribution in [-0.2, 0) is 12.8 Å². The average Bonchev–Trinajstić information content (AvgIpc) is 2.86. The van der Waals surface area contributed by atoms with E-state index in [9.17, 15) is 0 Å². The molecule has 1 heterocycles. The van der Waals surface area contributed by atoms with Crippen LogP contribution in [-0.4, -0.2) is 37.0 Å². The Balaban J connectivity index is 1.41. The number of benzene rings is 1. The molecule has 1 saturated heterocycles. The van der Waals surface area contributed by atoms with Gasteiger partial charge in [-0.05, 0) is 81.4 Å². The fraction of sp³-hybridized carbons (Fsp3) is 0.632. The quantitative estimate of drug-likeness (QED) is 0.499. The van der Waals surface area contributed by atoms with E-state index < -0.39 is 0 Å². The predicted molar refractivity (Wildman–Crippen MR) is 98.1 cm³/mol. The van der Waals surface area contributed by atoms with Crippen molar-refractivity contribution in [2.75, 3.05) is 31.5 Å². The summed E-state index contributed by atoms with van der Waals surface area (Å²) >= 11 is 0. The van der Waals surface area contributed by atoms with Crippen LogP contribution in [0.4, 0.5) is 5.69 Å². The summed E-state index contributed by atoms with van der Waals surface area (Å²) in [5.74, 6) is 0.541. The largest absolute Gasteiger partial charge is 0.370 e. The molecule has 2 aliphatic rings. The summed E-state index contributed by atoms with van der Waals surface area (Å²) in [4.78, 5) is 7.05. The number of hydrogen-bond acceptors (Lipinski definition) is 2. The molecule has 23 heavy (non-hydrogen) atoms. The third-order valence-electron chi connectivity index (χ3n) is 4.98. The molecular formula is C19H30N4. The van der Waals surface area contributed by atoms with Crippen molar-refractivity contribution in [3.63, 3.8) is 0 Å². The molecule has 0 aromatic heterocycles. The molecule has 0 atom stereocenters. The Labute approximate surface area is 140 Å². The van der Waals surface area contributed by atoms with Crippen LogP contribution in [0.3, 0.4) is 0 Å². The second kappa shape index (κ2) is 8.34. The minimum absolute atomic E-state index is 0.541. The molecule has 3 rings (SSSR count). The number of likely N-dealkylation sites (tertiary alicyclic amines) is 1. The molecule has 1 aromatic rings. The van der Waals surface area contributed by atoms with E-state index in [0.717, 1.165) is 25.2 Å². The Hall–Kier alpha value is -1.55. The minimum Gasteiger partial charge on any atom is -0.370 e. The molecule has 1 fully saturated rings. The molecule has 4 heteroatoms. The Morgan fingerprint density at radius 3 is 2.65 bits per heavy atom. The number of guanidine groups is 1. The summed E-state index contributed by atoms with van der Waals surface area (Å²) in [5, 5.41) is 3.23. The van der Waals surface area contributed by atoms with Gasteiger partial charge in [-0.25, -0.2) is 0 Å². The third kappa shape index (κ3) is 4.96. The monoisotopic (exact) mass is 314 g/mol. The summed E-state index contributed by atoms with van der Waals surface area (Å²) < 4.78 is 0. The van der Waals surface area contributed by atoms with Crippen LogP contribution in [0.5, 0.6) is 0 Å². The lowest BCUT2D eigenvalue weighted by Gasteiger charge is -2.18. The smallest absolute Gasteiger partial charge is 0.193 e. The third-order valence-corrected chi connectivity index (χ3v) is 4.98. The number of rotatable bonds is 5. The van der Waals surface area contributed by atoms with Crippen molar-refractivity contribution in [1.29, 1.82) is 0 Å². The lowest BCUT2D eigenvalue weighted by molar-refractivity contribution is 0.283. The van der Waals surface area contributed by atoms with Gasteiger partial charge in [0.05, 0.1) is 0 Å². The fourth-order valence-corrected chi connectivity index (χ4v) is 3.69. The van der Waals surface area contributed by atoms with Gasteiger partial charge in [0, 0.05) is 12.2 Å². The Kier molecular flexibility index (Phi) is 5.92. The highest BCUT2D eigenvalue weighted by molar-refractivity contribution is 5.92. The molecule has 1 aliphatic heterocycles. The second-order valence-electron chi connectivity index (χ2n) is 6.84. The molecule has 0 spiro atoms. The van der Waals surface area contributed by atoms with Crippen molar-refractivity contribution in [2.24, 2.45) is 10.7 Å². The van der Waals surface area contributed by atoms with Crippen LogP contribution in [0.1, 0.15) is 49.7 Å². The first kappa shape index (κ1) is 16.3.